The van der Waals surface area contributed by atoms with Gasteiger partial charge in [-0.15, -0.1) is 0 Å². The zero-order chi connectivity index (χ0) is 18.2. The monoisotopic (exact) mass is 390 g/mol. The maximum atomic E-state index is 5.97. The van der Waals surface area contributed by atoms with E-state index >= 15 is 0 Å². The van der Waals surface area contributed by atoms with Crippen molar-refractivity contribution in [1.82, 2.24) is 21.1 Å². The predicted molar refractivity (Wildman–Crippen MR) is 108 cm³/mol. The highest BCUT2D eigenvalue weighted by molar-refractivity contribution is 7.80. The summed E-state index contributed by atoms with van der Waals surface area (Å²) in [7, 11) is 0. The Kier molecular flexibility index (Phi) is 6.94. The Labute approximate surface area is 164 Å². The standard InChI is InChI=1S/C19H23ClN4OS/c20-16-8-6-15(7-9-16)14-24-10-2-1-4-17(24)12-22-23-19(26)21-13-18-5-3-11-25-18/h3-9,11,22H,1-2,10,12-14H2,(H2,21,23,26). The van der Waals surface area contributed by atoms with E-state index in [1.807, 2.05) is 24.3 Å². The maximum absolute atomic E-state index is 5.97. The molecule has 0 atom stereocenters. The van der Waals surface area contributed by atoms with E-state index in [1.165, 1.54) is 17.7 Å². The molecule has 1 aromatic heterocycles. The average molecular weight is 391 g/mol. The van der Waals surface area contributed by atoms with Crippen molar-refractivity contribution in [3.63, 3.8) is 0 Å². The molecule has 1 aromatic carbocycles. The Hall–Kier alpha value is -2.02. The van der Waals surface area contributed by atoms with E-state index in [-0.39, 0.29) is 0 Å². The van der Waals surface area contributed by atoms with E-state index < -0.39 is 0 Å². The van der Waals surface area contributed by atoms with Crippen LogP contribution in [0.3, 0.4) is 0 Å². The predicted octanol–water partition coefficient (Wildman–Crippen LogP) is 3.58. The summed E-state index contributed by atoms with van der Waals surface area (Å²) in [6, 6.07) is 11.8. The quantitative estimate of drug-likeness (QED) is 0.496. The maximum Gasteiger partial charge on any atom is 0.181 e. The van der Waals surface area contributed by atoms with Crippen molar-refractivity contribution in [3.8, 4) is 0 Å². The van der Waals surface area contributed by atoms with E-state index in [0.717, 1.165) is 30.3 Å². The molecule has 138 valence electrons. The van der Waals surface area contributed by atoms with Crippen molar-refractivity contribution in [2.45, 2.75) is 25.9 Å². The Morgan fingerprint density at radius 1 is 1.19 bits per heavy atom. The zero-order valence-electron chi connectivity index (χ0n) is 14.5. The number of hydrogen-bond acceptors (Lipinski definition) is 4. The highest BCUT2D eigenvalue weighted by Gasteiger charge is 2.14. The fraction of sp³-hybridized carbons (Fsp3) is 0.316. The molecule has 7 heteroatoms. The summed E-state index contributed by atoms with van der Waals surface area (Å²) in [6.07, 6.45) is 6.22. The molecule has 0 radical (unpaired) electrons. The highest BCUT2D eigenvalue weighted by atomic mass is 35.5. The number of furan rings is 1. The molecule has 1 aliphatic rings. The van der Waals surface area contributed by atoms with E-state index in [4.69, 9.17) is 28.2 Å². The molecule has 1 aliphatic heterocycles. The zero-order valence-corrected chi connectivity index (χ0v) is 16.1. The number of hydrogen-bond donors (Lipinski definition) is 3. The van der Waals surface area contributed by atoms with E-state index in [1.54, 1.807) is 6.26 Å². The van der Waals surface area contributed by atoms with E-state index in [0.29, 0.717) is 18.2 Å². The molecule has 3 N–H and O–H groups in total. The minimum absolute atomic E-state index is 0.544. The molecule has 0 spiro atoms. The van der Waals surface area contributed by atoms with Crippen LogP contribution in [0.15, 0.2) is 58.9 Å². The number of rotatable bonds is 7. The summed E-state index contributed by atoms with van der Waals surface area (Å²) in [5.74, 6) is 0.846. The summed E-state index contributed by atoms with van der Waals surface area (Å²) in [6.45, 7) is 3.20. The molecule has 0 bridgehead atoms. The van der Waals surface area contributed by atoms with Crippen LogP contribution in [0.1, 0.15) is 24.2 Å². The third-order valence-electron chi connectivity index (χ3n) is 4.18. The summed E-state index contributed by atoms with van der Waals surface area (Å²) >= 11 is 11.2. The van der Waals surface area contributed by atoms with Crippen molar-refractivity contribution >= 4 is 28.9 Å². The lowest BCUT2D eigenvalue weighted by Crippen LogP contribution is -2.46. The lowest BCUT2D eigenvalue weighted by atomic mass is 10.1. The highest BCUT2D eigenvalue weighted by Crippen LogP contribution is 2.18. The van der Waals surface area contributed by atoms with Crippen molar-refractivity contribution in [2.75, 3.05) is 13.1 Å². The molecule has 26 heavy (non-hydrogen) atoms. The largest absolute Gasteiger partial charge is 0.467 e. The normalized spacial score (nSPS) is 14.0. The van der Waals surface area contributed by atoms with Crippen molar-refractivity contribution in [1.29, 1.82) is 0 Å². The Balaban J connectivity index is 1.43. The molecule has 0 aliphatic carbocycles. The summed E-state index contributed by atoms with van der Waals surface area (Å²) in [4.78, 5) is 2.39. The SMILES string of the molecule is S=C(NCc1ccco1)NNCC1=CCCCN1Cc1ccc(Cl)cc1. The van der Waals surface area contributed by atoms with Gasteiger partial charge in [0.2, 0.25) is 0 Å². The van der Waals surface area contributed by atoms with Crippen LogP contribution in [-0.2, 0) is 13.1 Å². The van der Waals surface area contributed by atoms with Gasteiger partial charge in [0.1, 0.15) is 5.76 Å². The molecule has 0 fully saturated rings. The molecule has 0 saturated carbocycles. The second-order valence-electron chi connectivity index (χ2n) is 6.13. The lowest BCUT2D eigenvalue weighted by molar-refractivity contribution is 0.304. The smallest absolute Gasteiger partial charge is 0.181 e. The molecule has 0 amide bonds. The second-order valence-corrected chi connectivity index (χ2v) is 6.97. The van der Waals surface area contributed by atoms with Gasteiger partial charge in [-0.1, -0.05) is 29.8 Å². The number of allylic oxidation sites excluding steroid dienone is 1. The van der Waals surface area contributed by atoms with Crippen LogP contribution in [0.2, 0.25) is 5.02 Å². The van der Waals surface area contributed by atoms with Gasteiger partial charge in [0, 0.05) is 23.8 Å². The minimum Gasteiger partial charge on any atom is -0.467 e. The van der Waals surface area contributed by atoms with Crippen LogP contribution in [-0.4, -0.2) is 23.1 Å². The molecule has 0 saturated heterocycles. The lowest BCUT2D eigenvalue weighted by Gasteiger charge is -2.31. The molecular weight excluding hydrogens is 368 g/mol. The summed E-state index contributed by atoms with van der Waals surface area (Å²) in [5.41, 5.74) is 8.75. The van der Waals surface area contributed by atoms with Crippen molar-refractivity contribution in [2.24, 2.45) is 0 Å². The minimum atomic E-state index is 0.544. The van der Waals surface area contributed by atoms with Gasteiger partial charge in [-0.05, 0) is 54.9 Å². The summed E-state index contributed by atoms with van der Waals surface area (Å²) < 4.78 is 5.27. The van der Waals surface area contributed by atoms with Gasteiger partial charge in [0.25, 0.3) is 0 Å². The Morgan fingerprint density at radius 2 is 2.04 bits per heavy atom. The van der Waals surface area contributed by atoms with Gasteiger partial charge in [0.15, 0.2) is 5.11 Å². The van der Waals surface area contributed by atoms with Gasteiger partial charge < -0.3 is 14.6 Å². The van der Waals surface area contributed by atoms with Gasteiger partial charge in [0.05, 0.1) is 19.4 Å². The van der Waals surface area contributed by atoms with Gasteiger partial charge in [-0.3, -0.25) is 5.43 Å². The first kappa shape index (κ1) is 18.8. The molecule has 3 rings (SSSR count). The first-order chi connectivity index (χ1) is 12.7. The third-order valence-corrected chi connectivity index (χ3v) is 4.68. The van der Waals surface area contributed by atoms with Crippen LogP contribution < -0.4 is 16.2 Å². The van der Waals surface area contributed by atoms with E-state index in [2.05, 4.69) is 39.3 Å². The molecule has 2 aromatic rings. The third kappa shape index (κ3) is 5.76. The number of halogens is 1. The van der Waals surface area contributed by atoms with Crippen LogP contribution in [0, 0.1) is 0 Å². The van der Waals surface area contributed by atoms with Crippen LogP contribution in [0.4, 0.5) is 0 Å². The molecule has 0 unspecified atom stereocenters. The Morgan fingerprint density at radius 3 is 2.81 bits per heavy atom. The van der Waals surface area contributed by atoms with Crippen LogP contribution in [0.5, 0.6) is 0 Å². The first-order valence-corrected chi connectivity index (χ1v) is 9.47. The van der Waals surface area contributed by atoms with Crippen LogP contribution >= 0.6 is 23.8 Å². The Bertz CT molecular complexity index is 731. The number of nitrogens with zero attached hydrogens (tertiary/aromatic N) is 1. The van der Waals surface area contributed by atoms with Crippen molar-refractivity contribution < 1.29 is 4.42 Å². The number of hydrazine groups is 1. The van der Waals surface area contributed by atoms with Crippen LogP contribution in [0.25, 0.3) is 0 Å². The topological polar surface area (TPSA) is 52.5 Å². The number of thiocarbonyl (C=S) groups is 1. The van der Waals surface area contributed by atoms with E-state index in [9.17, 15) is 0 Å². The molecule has 2 heterocycles. The van der Waals surface area contributed by atoms with Gasteiger partial charge >= 0.3 is 0 Å². The number of benzene rings is 1. The van der Waals surface area contributed by atoms with Crippen molar-refractivity contribution in [3.05, 3.63) is 70.8 Å². The fourth-order valence-corrected chi connectivity index (χ4v) is 3.11. The molecular formula is C19H23ClN4OS. The first-order valence-electron chi connectivity index (χ1n) is 8.68. The van der Waals surface area contributed by atoms with Gasteiger partial charge in [-0.2, -0.15) is 0 Å². The van der Waals surface area contributed by atoms with Gasteiger partial charge in [-0.25, -0.2) is 5.43 Å². The second kappa shape index (κ2) is 9.62. The summed E-state index contributed by atoms with van der Waals surface area (Å²) in [5, 5.41) is 4.41. The number of nitrogens with one attached hydrogen (secondary N) is 3. The molecule has 5 nitrogen and oxygen atoms in total. The fourth-order valence-electron chi connectivity index (χ4n) is 2.84. The average Bonchev–Trinajstić information content (AvgIpc) is 3.17.